The van der Waals surface area contributed by atoms with Crippen molar-refractivity contribution in [3.63, 3.8) is 0 Å². The molecule has 1 aliphatic rings. The van der Waals surface area contributed by atoms with E-state index in [4.69, 9.17) is 4.74 Å². The van der Waals surface area contributed by atoms with Crippen molar-refractivity contribution in [3.8, 4) is 17.1 Å². The zero-order valence-corrected chi connectivity index (χ0v) is 10.7. The Balaban J connectivity index is 1.62. The maximum absolute atomic E-state index is 5.69. The zero-order chi connectivity index (χ0) is 12.9. The summed E-state index contributed by atoms with van der Waals surface area (Å²) in [6.45, 7) is 1.78. The molecule has 0 spiro atoms. The van der Waals surface area contributed by atoms with Gasteiger partial charge in [-0.05, 0) is 19.4 Å². The van der Waals surface area contributed by atoms with Crippen LogP contribution in [-0.2, 0) is 0 Å². The van der Waals surface area contributed by atoms with Gasteiger partial charge in [-0.25, -0.2) is 9.97 Å². The molecule has 0 aliphatic carbocycles. The normalized spacial score (nSPS) is 18.4. The lowest BCUT2D eigenvalue weighted by atomic mass is 10.2. The van der Waals surface area contributed by atoms with Crippen molar-refractivity contribution in [2.24, 2.45) is 0 Å². The second-order valence-electron chi connectivity index (χ2n) is 4.71. The van der Waals surface area contributed by atoms with Crippen LogP contribution in [0.1, 0.15) is 12.8 Å². The van der Waals surface area contributed by atoms with E-state index in [1.807, 2.05) is 30.3 Å². The molecule has 4 heteroatoms. The highest BCUT2D eigenvalue weighted by Gasteiger charge is 2.14. The van der Waals surface area contributed by atoms with Gasteiger partial charge < -0.3 is 10.1 Å². The summed E-state index contributed by atoms with van der Waals surface area (Å²) >= 11 is 0. The van der Waals surface area contributed by atoms with E-state index in [0.717, 1.165) is 23.7 Å². The van der Waals surface area contributed by atoms with Crippen molar-refractivity contribution in [2.75, 3.05) is 13.2 Å². The molecule has 0 bridgehead atoms. The summed E-state index contributed by atoms with van der Waals surface area (Å²) in [6.07, 6.45) is 5.90. The Morgan fingerprint density at radius 1 is 1.16 bits per heavy atom. The quantitative estimate of drug-likeness (QED) is 0.910. The fourth-order valence-corrected chi connectivity index (χ4v) is 2.22. The number of hydrogen-bond acceptors (Lipinski definition) is 4. The zero-order valence-electron chi connectivity index (χ0n) is 10.7. The predicted molar refractivity (Wildman–Crippen MR) is 74.0 cm³/mol. The minimum Gasteiger partial charge on any atom is -0.489 e. The van der Waals surface area contributed by atoms with Crippen molar-refractivity contribution < 1.29 is 4.74 Å². The molecule has 2 heterocycles. The van der Waals surface area contributed by atoms with Gasteiger partial charge in [0.05, 0.1) is 12.4 Å². The minimum absolute atomic E-state index is 0.466. The molecule has 98 valence electrons. The molecule has 0 saturated carbocycles. The van der Waals surface area contributed by atoms with Crippen molar-refractivity contribution in [3.05, 3.63) is 42.7 Å². The summed E-state index contributed by atoms with van der Waals surface area (Å²) in [5.74, 6) is 1.46. The van der Waals surface area contributed by atoms with Crippen molar-refractivity contribution in [1.82, 2.24) is 15.3 Å². The number of nitrogens with zero attached hydrogens (tertiary/aromatic N) is 2. The van der Waals surface area contributed by atoms with Gasteiger partial charge in [0.25, 0.3) is 0 Å². The first-order valence-electron chi connectivity index (χ1n) is 6.65. The summed E-state index contributed by atoms with van der Waals surface area (Å²) < 4.78 is 5.69. The highest BCUT2D eigenvalue weighted by atomic mass is 16.5. The average Bonchev–Trinajstić information content (AvgIpc) is 3.00. The minimum atomic E-state index is 0.466. The number of ether oxygens (including phenoxy) is 1. The van der Waals surface area contributed by atoms with E-state index in [0.29, 0.717) is 12.6 Å². The van der Waals surface area contributed by atoms with Crippen LogP contribution in [0.4, 0.5) is 0 Å². The molecular weight excluding hydrogens is 238 g/mol. The molecule has 1 saturated heterocycles. The van der Waals surface area contributed by atoms with Crippen LogP contribution in [0, 0.1) is 0 Å². The second-order valence-corrected chi connectivity index (χ2v) is 4.71. The van der Waals surface area contributed by atoms with Crippen LogP contribution in [-0.4, -0.2) is 29.2 Å². The number of nitrogens with one attached hydrogen (secondary N) is 1. The first kappa shape index (κ1) is 12.1. The molecule has 3 rings (SSSR count). The van der Waals surface area contributed by atoms with E-state index in [-0.39, 0.29) is 0 Å². The Kier molecular flexibility index (Phi) is 3.70. The third kappa shape index (κ3) is 3.09. The highest BCUT2D eigenvalue weighted by molar-refractivity contribution is 5.54. The lowest BCUT2D eigenvalue weighted by Crippen LogP contribution is -2.28. The highest BCUT2D eigenvalue weighted by Crippen LogP contribution is 2.16. The van der Waals surface area contributed by atoms with Crippen LogP contribution < -0.4 is 10.1 Å². The first-order chi connectivity index (χ1) is 9.42. The molecule has 0 amide bonds. The fraction of sp³-hybridized carbons (Fsp3) is 0.333. The third-order valence-electron chi connectivity index (χ3n) is 3.27. The van der Waals surface area contributed by atoms with Crippen molar-refractivity contribution >= 4 is 0 Å². The number of aromatic nitrogens is 2. The summed E-state index contributed by atoms with van der Waals surface area (Å²) in [6, 6.07) is 10.4. The third-order valence-corrected chi connectivity index (χ3v) is 3.27. The van der Waals surface area contributed by atoms with Gasteiger partial charge in [-0.15, -0.1) is 0 Å². The Hall–Kier alpha value is -1.94. The Labute approximate surface area is 112 Å². The van der Waals surface area contributed by atoms with Gasteiger partial charge in [0.2, 0.25) is 0 Å². The monoisotopic (exact) mass is 255 g/mol. The van der Waals surface area contributed by atoms with E-state index in [2.05, 4.69) is 15.3 Å². The van der Waals surface area contributed by atoms with Crippen LogP contribution in [0.2, 0.25) is 0 Å². The number of rotatable bonds is 4. The van der Waals surface area contributed by atoms with Gasteiger partial charge >= 0.3 is 0 Å². The van der Waals surface area contributed by atoms with Crippen LogP contribution in [0.5, 0.6) is 5.75 Å². The molecule has 0 radical (unpaired) electrons. The van der Waals surface area contributed by atoms with Gasteiger partial charge in [0.15, 0.2) is 11.6 Å². The molecule has 1 N–H and O–H groups in total. The van der Waals surface area contributed by atoms with Gasteiger partial charge in [-0.3, -0.25) is 0 Å². The molecular formula is C15H17N3O. The van der Waals surface area contributed by atoms with E-state index in [1.165, 1.54) is 12.8 Å². The predicted octanol–water partition coefficient (Wildman–Crippen LogP) is 2.27. The van der Waals surface area contributed by atoms with Gasteiger partial charge in [0, 0.05) is 11.6 Å². The Morgan fingerprint density at radius 2 is 1.95 bits per heavy atom. The lowest BCUT2D eigenvalue weighted by Gasteiger charge is -2.11. The van der Waals surface area contributed by atoms with Gasteiger partial charge in [-0.2, -0.15) is 0 Å². The molecule has 1 unspecified atom stereocenters. The van der Waals surface area contributed by atoms with E-state index >= 15 is 0 Å². The van der Waals surface area contributed by atoms with Gasteiger partial charge in [-0.1, -0.05) is 30.3 Å². The maximum atomic E-state index is 5.69. The first-order valence-corrected chi connectivity index (χ1v) is 6.65. The smallest absolute Gasteiger partial charge is 0.159 e. The number of benzene rings is 1. The summed E-state index contributed by atoms with van der Waals surface area (Å²) in [5, 5.41) is 3.40. The summed E-state index contributed by atoms with van der Waals surface area (Å²) in [5.41, 5.74) is 1.02. The van der Waals surface area contributed by atoms with Crippen LogP contribution >= 0.6 is 0 Å². The second kappa shape index (κ2) is 5.80. The molecule has 1 aliphatic heterocycles. The van der Waals surface area contributed by atoms with Crippen LogP contribution in [0.25, 0.3) is 11.4 Å². The lowest BCUT2D eigenvalue weighted by molar-refractivity contribution is 0.275. The average molecular weight is 255 g/mol. The van der Waals surface area contributed by atoms with E-state index < -0.39 is 0 Å². The molecule has 1 aromatic carbocycles. The molecule has 4 nitrogen and oxygen atoms in total. The Bertz CT molecular complexity index is 507. The van der Waals surface area contributed by atoms with Crippen LogP contribution in [0.3, 0.4) is 0 Å². The summed E-state index contributed by atoms with van der Waals surface area (Å²) in [7, 11) is 0. The van der Waals surface area contributed by atoms with Crippen LogP contribution in [0.15, 0.2) is 42.7 Å². The molecule has 2 aromatic rings. The topological polar surface area (TPSA) is 47.0 Å². The molecule has 19 heavy (non-hydrogen) atoms. The fourth-order valence-electron chi connectivity index (χ4n) is 2.22. The standard InChI is InChI=1S/C15H17N3O/c1-2-5-12(6-3-1)15-17-9-14(10-18-15)19-11-13-7-4-8-16-13/h1-3,5-6,9-10,13,16H,4,7-8,11H2. The van der Waals surface area contributed by atoms with Crippen molar-refractivity contribution in [1.29, 1.82) is 0 Å². The summed E-state index contributed by atoms with van der Waals surface area (Å²) in [4.78, 5) is 8.68. The maximum Gasteiger partial charge on any atom is 0.159 e. The molecule has 1 fully saturated rings. The van der Waals surface area contributed by atoms with E-state index in [9.17, 15) is 0 Å². The van der Waals surface area contributed by atoms with Crippen molar-refractivity contribution in [2.45, 2.75) is 18.9 Å². The molecule has 1 atom stereocenters. The SMILES string of the molecule is c1ccc(-c2ncc(OCC3CCCN3)cn2)cc1. The van der Waals surface area contributed by atoms with Gasteiger partial charge in [0.1, 0.15) is 6.61 Å². The number of hydrogen-bond donors (Lipinski definition) is 1. The Morgan fingerprint density at radius 3 is 2.63 bits per heavy atom. The van der Waals surface area contributed by atoms with E-state index in [1.54, 1.807) is 12.4 Å². The molecule has 1 aromatic heterocycles. The largest absolute Gasteiger partial charge is 0.489 e.